The normalized spacial score (nSPS) is 27.1. The molecule has 0 aromatic carbocycles. The zero-order valence-corrected chi connectivity index (χ0v) is 10.4. The Morgan fingerprint density at radius 1 is 1.33 bits per heavy atom. The fourth-order valence-electron chi connectivity index (χ4n) is 2.13. The Bertz CT molecular complexity index is 277. The third kappa shape index (κ3) is 4.49. The van der Waals surface area contributed by atoms with E-state index in [1.165, 1.54) is 32.7 Å². The van der Waals surface area contributed by atoms with Crippen LogP contribution in [0, 0.1) is 5.92 Å². The van der Waals surface area contributed by atoms with E-state index in [2.05, 4.69) is 17.0 Å². The maximum absolute atomic E-state index is 11.1. The quantitative estimate of drug-likeness (QED) is 0.711. The second-order valence-electron chi connectivity index (χ2n) is 4.26. The second kappa shape index (κ2) is 5.82. The largest absolute Gasteiger partial charge is 0.313 e. The summed E-state index contributed by atoms with van der Waals surface area (Å²) in [5.74, 6) is 1.01. The van der Waals surface area contributed by atoms with Crippen LogP contribution in [0.25, 0.3) is 0 Å². The van der Waals surface area contributed by atoms with Crippen molar-refractivity contribution in [1.29, 1.82) is 0 Å². The molecule has 2 N–H and O–H groups in total. The summed E-state index contributed by atoms with van der Waals surface area (Å²) in [5, 5.41) is 3.32. The third-order valence-electron chi connectivity index (χ3n) is 3.23. The molecule has 1 aliphatic carbocycles. The van der Waals surface area contributed by atoms with Gasteiger partial charge >= 0.3 is 0 Å². The average molecular weight is 234 g/mol. The fourth-order valence-corrected chi connectivity index (χ4v) is 2.72. The molecule has 1 aliphatic rings. The molecule has 0 aromatic rings. The Morgan fingerprint density at radius 3 is 2.60 bits per heavy atom. The molecule has 1 saturated carbocycles. The molecule has 0 radical (unpaired) electrons. The van der Waals surface area contributed by atoms with Crippen molar-refractivity contribution in [2.45, 2.75) is 38.6 Å². The monoisotopic (exact) mass is 234 g/mol. The number of hydrogen-bond donors (Lipinski definition) is 2. The molecule has 90 valence electrons. The van der Waals surface area contributed by atoms with Gasteiger partial charge in [0.15, 0.2) is 0 Å². The molecule has 0 aliphatic heterocycles. The van der Waals surface area contributed by atoms with E-state index < -0.39 is 10.0 Å². The Hall–Kier alpha value is -0.130. The molecule has 0 amide bonds. The lowest BCUT2D eigenvalue weighted by molar-refractivity contribution is 0.484. The fraction of sp³-hybridized carbons (Fsp3) is 1.00. The van der Waals surface area contributed by atoms with Gasteiger partial charge in [-0.25, -0.2) is 13.1 Å². The Labute approximate surface area is 92.9 Å². The minimum atomic E-state index is -3.04. The summed E-state index contributed by atoms with van der Waals surface area (Å²) >= 11 is 0. The van der Waals surface area contributed by atoms with E-state index in [1.54, 1.807) is 0 Å². The molecule has 5 heteroatoms. The van der Waals surface area contributed by atoms with E-state index in [9.17, 15) is 8.42 Å². The van der Waals surface area contributed by atoms with Crippen LogP contribution in [-0.2, 0) is 10.0 Å². The first kappa shape index (κ1) is 12.9. The molecule has 1 fully saturated rings. The van der Waals surface area contributed by atoms with Gasteiger partial charge in [0.05, 0.1) is 5.75 Å². The van der Waals surface area contributed by atoms with Gasteiger partial charge in [-0.2, -0.15) is 0 Å². The summed E-state index contributed by atoms with van der Waals surface area (Å²) in [5.41, 5.74) is 0. The van der Waals surface area contributed by atoms with E-state index >= 15 is 0 Å². The molecular formula is C10H22N2O2S. The average Bonchev–Trinajstić information content (AvgIpc) is 2.66. The van der Waals surface area contributed by atoms with E-state index in [4.69, 9.17) is 0 Å². The highest BCUT2D eigenvalue weighted by atomic mass is 32.2. The van der Waals surface area contributed by atoms with Crippen molar-refractivity contribution in [3.63, 3.8) is 0 Å². The lowest BCUT2D eigenvalue weighted by Gasteiger charge is -2.12. The smallest absolute Gasteiger partial charge is 0.212 e. The summed E-state index contributed by atoms with van der Waals surface area (Å²) in [4.78, 5) is 0. The van der Waals surface area contributed by atoms with E-state index in [0.717, 1.165) is 5.92 Å². The summed E-state index contributed by atoms with van der Waals surface area (Å²) in [7, 11) is -1.59. The Morgan fingerprint density at radius 2 is 2.07 bits per heavy atom. The highest BCUT2D eigenvalue weighted by Gasteiger charge is 2.22. The van der Waals surface area contributed by atoms with Gasteiger partial charge in [-0.05, 0) is 32.2 Å². The van der Waals surface area contributed by atoms with Gasteiger partial charge in [0.25, 0.3) is 0 Å². The molecule has 2 atom stereocenters. The van der Waals surface area contributed by atoms with Crippen LogP contribution >= 0.6 is 0 Å². The zero-order valence-electron chi connectivity index (χ0n) is 9.62. The van der Waals surface area contributed by atoms with E-state index in [0.29, 0.717) is 12.6 Å². The van der Waals surface area contributed by atoms with Crippen LogP contribution in [0.15, 0.2) is 0 Å². The van der Waals surface area contributed by atoms with Gasteiger partial charge in [0, 0.05) is 12.6 Å². The van der Waals surface area contributed by atoms with Crippen LogP contribution in [-0.4, -0.2) is 33.8 Å². The molecule has 2 unspecified atom stereocenters. The van der Waals surface area contributed by atoms with Gasteiger partial charge in [-0.3, -0.25) is 0 Å². The maximum atomic E-state index is 11.1. The van der Waals surface area contributed by atoms with Gasteiger partial charge in [0.2, 0.25) is 10.0 Å². The third-order valence-corrected chi connectivity index (χ3v) is 4.60. The molecule has 4 nitrogen and oxygen atoms in total. The lowest BCUT2D eigenvalue weighted by Crippen LogP contribution is -2.34. The lowest BCUT2D eigenvalue weighted by atomic mass is 10.1. The molecule has 0 bridgehead atoms. The number of hydrogen-bond acceptors (Lipinski definition) is 3. The number of nitrogens with one attached hydrogen (secondary N) is 2. The van der Waals surface area contributed by atoms with Crippen molar-refractivity contribution >= 4 is 10.0 Å². The van der Waals surface area contributed by atoms with E-state index in [-0.39, 0.29) is 5.75 Å². The van der Waals surface area contributed by atoms with Gasteiger partial charge < -0.3 is 5.32 Å². The standard InChI is InChI=1S/C10H22N2O2S/c1-3-9-4-5-10(8-9)12-6-7-15(13,14)11-2/h9-12H,3-8H2,1-2H3. The summed E-state index contributed by atoms with van der Waals surface area (Å²) in [6.07, 6.45) is 4.92. The van der Waals surface area contributed by atoms with Crippen LogP contribution in [0.2, 0.25) is 0 Å². The van der Waals surface area contributed by atoms with E-state index in [1.807, 2.05) is 0 Å². The Balaban J connectivity index is 2.17. The topological polar surface area (TPSA) is 58.2 Å². The van der Waals surface area contributed by atoms with Gasteiger partial charge in [-0.15, -0.1) is 0 Å². The first-order chi connectivity index (χ1) is 7.07. The number of sulfonamides is 1. The van der Waals surface area contributed by atoms with Crippen molar-refractivity contribution in [1.82, 2.24) is 10.0 Å². The zero-order chi connectivity index (χ0) is 11.3. The SMILES string of the molecule is CCC1CCC(NCCS(=O)(=O)NC)C1. The summed E-state index contributed by atoms with van der Waals surface area (Å²) in [6, 6.07) is 0.530. The first-order valence-electron chi connectivity index (χ1n) is 5.72. The summed E-state index contributed by atoms with van der Waals surface area (Å²) < 4.78 is 24.6. The van der Waals surface area contributed by atoms with Crippen LogP contribution in [0.1, 0.15) is 32.6 Å². The molecular weight excluding hydrogens is 212 g/mol. The molecule has 0 heterocycles. The van der Waals surface area contributed by atoms with Gasteiger partial charge in [0.1, 0.15) is 0 Å². The predicted molar refractivity (Wildman–Crippen MR) is 62.3 cm³/mol. The highest BCUT2D eigenvalue weighted by molar-refractivity contribution is 7.89. The summed E-state index contributed by atoms with van der Waals surface area (Å²) in [6.45, 7) is 2.78. The minimum absolute atomic E-state index is 0.177. The van der Waals surface area contributed by atoms with Crippen LogP contribution < -0.4 is 10.0 Å². The molecule has 1 rings (SSSR count). The van der Waals surface area contributed by atoms with Crippen LogP contribution in [0.3, 0.4) is 0 Å². The molecule has 0 aromatic heterocycles. The minimum Gasteiger partial charge on any atom is -0.313 e. The Kier molecular flexibility index (Phi) is 5.02. The van der Waals surface area contributed by atoms with Crippen molar-refractivity contribution in [2.24, 2.45) is 5.92 Å². The highest BCUT2D eigenvalue weighted by Crippen LogP contribution is 2.27. The maximum Gasteiger partial charge on any atom is 0.212 e. The molecule has 0 spiro atoms. The first-order valence-corrected chi connectivity index (χ1v) is 7.37. The van der Waals surface area contributed by atoms with Crippen molar-refractivity contribution in [2.75, 3.05) is 19.3 Å². The molecule has 15 heavy (non-hydrogen) atoms. The van der Waals surface area contributed by atoms with Crippen molar-refractivity contribution in [3.8, 4) is 0 Å². The van der Waals surface area contributed by atoms with Crippen LogP contribution in [0.4, 0.5) is 0 Å². The number of rotatable bonds is 6. The van der Waals surface area contributed by atoms with Crippen LogP contribution in [0.5, 0.6) is 0 Å². The molecule has 0 saturated heterocycles. The van der Waals surface area contributed by atoms with Gasteiger partial charge in [-0.1, -0.05) is 13.3 Å². The van der Waals surface area contributed by atoms with Crippen molar-refractivity contribution in [3.05, 3.63) is 0 Å². The predicted octanol–water partition coefficient (Wildman–Crippen LogP) is 0.704. The van der Waals surface area contributed by atoms with Crippen molar-refractivity contribution < 1.29 is 8.42 Å². The second-order valence-corrected chi connectivity index (χ2v) is 6.31.